The maximum absolute atomic E-state index is 5.53. The van der Waals surface area contributed by atoms with Gasteiger partial charge in [0.2, 0.25) is 5.75 Å². The van der Waals surface area contributed by atoms with Crippen LogP contribution in [-0.4, -0.2) is 40.4 Å². The van der Waals surface area contributed by atoms with Gasteiger partial charge >= 0.3 is 0 Å². The fraction of sp³-hybridized carbons (Fsp3) is 0.632. The van der Waals surface area contributed by atoms with Crippen molar-refractivity contribution in [2.75, 3.05) is 28.4 Å². The quantitative estimate of drug-likeness (QED) is 0.611. The first-order chi connectivity index (χ1) is 12.1. The lowest BCUT2D eigenvalue weighted by molar-refractivity contribution is 0.321. The van der Waals surface area contributed by atoms with E-state index in [0.29, 0.717) is 29.8 Å². The van der Waals surface area contributed by atoms with Gasteiger partial charge in [-0.3, -0.25) is 4.99 Å². The van der Waals surface area contributed by atoms with Crippen molar-refractivity contribution in [1.82, 2.24) is 10.6 Å². The zero-order valence-corrected chi connectivity index (χ0v) is 16.0. The van der Waals surface area contributed by atoms with Crippen LogP contribution in [0, 0.1) is 5.92 Å². The van der Waals surface area contributed by atoms with E-state index in [1.807, 2.05) is 12.1 Å². The number of guanidine groups is 1. The molecule has 1 aliphatic carbocycles. The van der Waals surface area contributed by atoms with Crippen molar-refractivity contribution in [2.24, 2.45) is 10.9 Å². The zero-order valence-electron chi connectivity index (χ0n) is 16.0. The van der Waals surface area contributed by atoms with E-state index in [0.717, 1.165) is 17.4 Å². The maximum Gasteiger partial charge on any atom is 0.203 e. The van der Waals surface area contributed by atoms with Gasteiger partial charge in [0.25, 0.3) is 0 Å². The van der Waals surface area contributed by atoms with Gasteiger partial charge in [0.05, 0.1) is 21.3 Å². The first-order valence-corrected chi connectivity index (χ1v) is 8.87. The standard InChI is InChI=1S/C19H31N3O3/c1-13-6-9-15(10-7-13)22-19(20-2)21-12-14-8-11-16(23-3)18(25-5)17(14)24-4/h8,11,13,15H,6-7,9-10,12H2,1-5H3,(H2,20,21,22). The van der Waals surface area contributed by atoms with E-state index in [-0.39, 0.29) is 0 Å². The number of rotatable bonds is 6. The van der Waals surface area contributed by atoms with Crippen LogP contribution in [0.4, 0.5) is 0 Å². The Hall–Kier alpha value is -2.11. The summed E-state index contributed by atoms with van der Waals surface area (Å²) >= 11 is 0. The number of benzene rings is 1. The third-order valence-electron chi connectivity index (χ3n) is 4.81. The average Bonchev–Trinajstić information content (AvgIpc) is 2.65. The summed E-state index contributed by atoms with van der Waals surface area (Å²) in [4.78, 5) is 4.35. The largest absolute Gasteiger partial charge is 0.493 e. The van der Waals surface area contributed by atoms with Gasteiger partial charge in [-0.25, -0.2) is 0 Å². The molecule has 1 aromatic rings. The molecule has 0 amide bonds. The number of ether oxygens (including phenoxy) is 3. The Kier molecular flexibility index (Phi) is 7.22. The Balaban J connectivity index is 2.01. The van der Waals surface area contributed by atoms with Crippen LogP contribution in [0.1, 0.15) is 38.2 Å². The monoisotopic (exact) mass is 349 g/mol. The molecule has 0 radical (unpaired) electrons. The number of nitrogens with zero attached hydrogens (tertiary/aromatic N) is 1. The van der Waals surface area contributed by atoms with Crippen molar-refractivity contribution >= 4 is 5.96 Å². The number of hydrogen-bond acceptors (Lipinski definition) is 4. The molecule has 25 heavy (non-hydrogen) atoms. The van der Waals surface area contributed by atoms with Crippen LogP contribution in [0.15, 0.2) is 17.1 Å². The molecule has 2 N–H and O–H groups in total. The molecule has 0 bridgehead atoms. The van der Waals surface area contributed by atoms with E-state index < -0.39 is 0 Å². The Morgan fingerprint density at radius 3 is 2.28 bits per heavy atom. The van der Waals surface area contributed by atoms with E-state index in [2.05, 4.69) is 22.5 Å². The molecule has 140 valence electrons. The SMILES string of the molecule is CN=C(NCc1ccc(OC)c(OC)c1OC)NC1CCC(C)CC1. The molecule has 0 unspecified atom stereocenters. The van der Waals surface area contributed by atoms with Crippen LogP contribution in [0.3, 0.4) is 0 Å². The molecule has 0 saturated heterocycles. The highest BCUT2D eigenvalue weighted by molar-refractivity contribution is 5.80. The maximum atomic E-state index is 5.53. The van der Waals surface area contributed by atoms with Crippen molar-refractivity contribution in [3.05, 3.63) is 17.7 Å². The van der Waals surface area contributed by atoms with Gasteiger partial charge in [-0.2, -0.15) is 0 Å². The van der Waals surface area contributed by atoms with Crippen molar-refractivity contribution < 1.29 is 14.2 Å². The lowest BCUT2D eigenvalue weighted by Gasteiger charge is -2.28. The molecule has 6 nitrogen and oxygen atoms in total. The molecule has 1 saturated carbocycles. The van der Waals surface area contributed by atoms with Crippen LogP contribution < -0.4 is 24.8 Å². The number of methoxy groups -OCH3 is 3. The average molecular weight is 349 g/mol. The molecule has 0 atom stereocenters. The summed E-state index contributed by atoms with van der Waals surface area (Å²) in [6.45, 7) is 2.92. The lowest BCUT2D eigenvalue weighted by Crippen LogP contribution is -2.44. The van der Waals surface area contributed by atoms with Crippen molar-refractivity contribution in [2.45, 2.75) is 45.2 Å². The van der Waals surface area contributed by atoms with Gasteiger partial charge in [0.15, 0.2) is 17.5 Å². The van der Waals surface area contributed by atoms with Crippen molar-refractivity contribution in [3.8, 4) is 17.2 Å². The van der Waals surface area contributed by atoms with E-state index in [4.69, 9.17) is 14.2 Å². The minimum Gasteiger partial charge on any atom is -0.493 e. The number of nitrogens with one attached hydrogen (secondary N) is 2. The molecule has 1 aliphatic rings. The van der Waals surface area contributed by atoms with Gasteiger partial charge in [-0.05, 0) is 43.7 Å². The summed E-state index contributed by atoms with van der Waals surface area (Å²) in [6, 6.07) is 4.36. The fourth-order valence-electron chi connectivity index (χ4n) is 3.27. The second-order valence-corrected chi connectivity index (χ2v) is 6.52. The highest BCUT2D eigenvalue weighted by atomic mass is 16.5. The second-order valence-electron chi connectivity index (χ2n) is 6.52. The van der Waals surface area contributed by atoms with Crippen molar-refractivity contribution in [3.63, 3.8) is 0 Å². The molecule has 6 heteroatoms. The predicted molar refractivity (Wildman–Crippen MR) is 101 cm³/mol. The Morgan fingerprint density at radius 1 is 1.04 bits per heavy atom. The van der Waals surface area contributed by atoms with Gasteiger partial charge in [-0.15, -0.1) is 0 Å². The minimum atomic E-state index is 0.495. The highest BCUT2D eigenvalue weighted by Gasteiger charge is 2.20. The number of aliphatic imine (C=N–C) groups is 1. The molecule has 0 aromatic heterocycles. The van der Waals surface area contributed by atoms with Gasteiger partial charge in [0.1, 0.15) is 0 Å². The third kappa shape index (κ3) is 4.94. The third-order valence-corrected chi connectivity index (χ3v) is 4.81. The van der Waals surface area contributed by atoms with Gasteiger partial charge in [-0.1, -0.05) is 6.92 Å². The van der Waals surface area contributed by atoms with Crippen LogP contribution >= 0.6 is 0 Å². The Labute approximate surface area is 151 Å². The van der Waals surface area contributed by atoms with Crippen LogP contribution in [-0.2, 0) is 6.54 Å². The summed E-state index contributed by atoms with van der Waals surface area (Å²) in [5.74, 6) is 3.59. The number of hydrogen-bond donors (Lipinski definition) is 2. The van der Waals surface area contributed by atoms with Crippen molar-refractivity contribution in [1.29, 1.82) is 0 Å². The topological polar surface area (TPSA) is 64.1 Å². The molecule has 1 aromatic carbocycles. The summed E-state index contributed by atoms with van der Waals surface area (Å²) in [7, 11) is 6.66. The first kappa shape index (κ1) is 19.2. The molecule has 1 fully saturated rings. The minimum absolute atomic E-state index is 0.495. The van der Waals surface area contributed by atoms with Gasteiger partial charge < -0.3 is 24.8 Å². The predicted octanol–water partition coefficient (Wildman–Crippen LogP) is 2.96. The van der Waals surface area contributed by atoms with E-state index in [9.17, 15) is 0 Å². The zero-order chi connectivity index (χ0) is 18.2. The summed E-state index contributed by atoms with van der Waals surface area (Å²) in [5, 5.41) is 6.90. The smallest absolute Gasteiger partial charge is 0.203 e. The molecule has 0 heterocycles. The Morgan fingerprint density at radius 2 is 1.72 bits per heavy atom. The van der Waals surface area contributed by atoms with Crippen LogP contribution in [0.25, 0.3) is 0 Å². The first-order valence-electron chi connectivity index (χ1n) is 8.87. The van der Waals surface area contributed by atoms with Crippen LogP contribution in [0.5, 0.6) is 17.2 Å². The second kappa shape index (κ2) is 9.39. The van der Waals surface area contributed by atoms with Crippen LogP contribution in [0.2, 0.25) is 0 Å². The lowest BCUT2D eigenvalue weighted by atomic mass is 9.87. The summed E-state index contributed by atoms with van der Waals surface area (Å²) < 4.78 is 16.3. The molecular formula is C19H31N3O3. The molecular weight excluding hydrogens is 318 g/mol. The van der Waals surface area contributed by atoms with E-state index in [1.54, 1.807) is 28.4 Å². The molecule has 2 rings (SSSR count). The van der Waals surface area contributed by atoms with E-state index in [1.165, 1.54) is 25.7 Å². The normalized spacial score (nSPS) is 20.8. The Bertz CT molecular complexity index is 582. The van der Waals surface area contributed by atoms with Gasteiger partial charge in [0, 0.05) is 25.2 Å². The molecule has 0 aliphatic heterocycles. The fourth-order valence-corrected chi connectivity index (χ4v) is 3.27. The summed E-state index contributed by atoms with van der Waals surface area (Å²) in [5.41, 5.74) is 0.986. The highest BCUT2D eigenvalue weighted by Crippen LogP contribution is 2.39. The molecule has 0 spiro atoms. The summed E-state index contributed by atoms with van der Waals surface area (Å²) in [6.07, 6.45) is 4.94. The van der Waals surface area contributed by atoms with E-state index >= 15 is 0 Å².